The molecule has 0 saturated heterocycles. The van der Waals surface area contributed by atoms with Gasteiger partial charge in [-0.25, -0.2) is 4.79 Å². The van der Waals surface area contributed by atoms with Crippen molar-refractivity contribution in [3.63, 3.8) is 0 Å². The Labute approximate surface area is 82.4 Å². The lowest BCUT2D eigenvalue weighted by atomic mass is 10.2. The van der Waals surface area contributed by atoms with Crippen LogP contribution in [0.4, 0.5) is 5.69 Å². The molecule has 0 saturated carbocycles. The third-order valence-corrected chi connectivity index (χ3v) is 1.98. The third kappa shape index (κ3) is 1.93. The highest BCUT2D eigenvalue weighted by Gasteiger charge is 2.12. The lowest BCUT2D eigenvalue weighted by Crippen LogP contribution is -2.01. The number of carbonyl (C=O) groups is 1. The monoisotopic (exact) mass is 189 g/mol. The minimum Gasteiger partial charge on any atom is -0.456 e. The minimum atomic E-state index is -0.278. The molecule has 1 aliphatic rings. The zero-order valence-corrected chi connectivity index (χ0v) is 7.91. The molecular weight excluding hydrogens is 178 g/mol. The summed E-state index contributed by atoms with van der Waals surface area (Å²) in [5, 5.41) is 3.13. The van der Waals surface area contributed by atoms with E-state index in [1.807, 2.05) is 31.2 Å². The Morgan fingerprint density at radius 1 is 1.43 bits per heavy atom. The molecule has 0 amide bonds. The summed E-state index contributed by atoms with van der Waals surface area (Å²) in [5.41, 5.74) is 2.97. The quantitative estimate of drug-likeness (QED) is 0.721. The van der Waals surface area contributed by atoms with Crippen LogP contribution in [0.25, 0.3) is 0 Å². The molecule has 1 N–H and O–H groups in total. The van der Waals surface area contributed by atoms with Crippen LogP contribution in [0.3, 0.4) is 0 Å². The van der Waals surface area contributed by atoms with Crippen molar-refractivity contribution in [2.45, 2.75) is 6.92 Å². The molecule has 0 aromatic heterocycles. The summed E-state index contributed by atoms with van der Waals surface area (Å²) >= 11 is 0. The highest BCUT2D eigenvalue weighted by atomic mass is 16.5. The fourth-order valence-electron chi connectivity index (χ4n) is 1.35. The van der Waals surface area contributed by atoms with Gasteiger partial charge in [0.05, 0.1) is 5.70 Å². The van der Waals surface area contributed by atoms with E-state index in [1.54, 1.807) is 0 Å². The van der Waals surface area contributed by atoms with Crippen molar-refractivity contribution in [2.24, 2.45) is 0 Å². The van der Waals surface area contributed by atoms with E-state index in [0.29, 0.717) is 6.61 Å². The lowest BCUT2D eigenvalue weighted by molar-refractivity contribution is -0.134. The summed E-state index contributed by atoms with van der Waals surface area (Å²) in [5.74, 6) is -0.278. The smallest absolute Gasteiger partial charge is 0.333 e. The summed E-state index contributed by atoms with van der Waals surface area (Å²) < 4.78 is 4.77. The van der Waals surface area contributed by atoms with Gasteiger partial charge < -0.3 is 10.1 Å². The molecule has 3 heteroatoms. The second-order valence-corrected chi connectivity index (χ2v) is 3.27. The molecule has 1 heterocycles. The van der Waals surface area contributed by atoms with E-state index in [0.717, 1.165) is 11.4 Å². The van der Waals surface area contributed by atoms with E-state index in [9.17, 15) is 4.79 Å². The maximum absolute atomic E-state index is 10.8. The summed E-state index contributed by atoms with van der Waals surface area (Å²) in [6.45, 7) is 2.36. The zero-order valence-electron chi connectivity index (χ0n) is 7.91. The molecule has 2 rings (SSSR count). The normalized spacial score (nSPS) is 14.9. The molecule has 1 aromatic rings. The molecular formula is C11H11NO2. The van der Waals surface area contributed by atoms with Crippen molar-refractivity contribution >= 4 is 11.7 Å². The maximum Gasteiger partial charge on any atom is 0.333 e. The zero-order chi connectivity index (χ0) is 9.97. The average Bonchev–Trinajstić information content (AvgIpc) is 2.51. The number of esters is 1. The van der Waals surface area contributed by atoms with Gasteiger partial charge in [-0.3, -0.25) is 0 Å². The molecule has 0 spiro atoms. The van der Waals surface area contributed by atoms with Crippen molar-refractivity contribution in [3.8, 4) is 0 Å². The van der Waals surface area contributed by atoms with Crippen molar-refractivity contribution in [2.75, 3.05) is 11.9 Å². The molecule has 1 aliphatic heterocycles. The molecule has 72 valence electrons. The first-order chi connectivity index (χ1) is 6.74. The Balaban J connectivity index is 2.11. The molecule has 0 fully saturated rings. The second kappa shape index (κ2) is 3.54. The number of carbonyl (C=O) groups excluding carboxylic acids is 1. The van der Waals surface area contributed by atoms with E-state index in [-0.39, 0.29) is 5.97 Å². The van der Waals surface area contributed by atoms with Crippen LogP contribution in [0.2, 0.25) is 0 Å². The summed E-state index contributed by atoms with van der Waals surface area (Å²) in [7, 11) is 0. The molecule has 0 atom stereocenters. The summed E-state index contributed by atoms with van der Waals surface area (Å²) in [6.07, 6.45) is 1.47. The van der Waals surface area contributed by atoms with E-state index >= 15 is 0 Å². The Kier molecular flexibility index (Phi) is 2.23. The molecule has 0 unspecified atom stereocenters. The van der Waals surface area contributed by atoms with Crippen LogP contribution in [-0.2, 0) is 9.53 Å². The lowest BCUT2D eigenvalue weighted by Gasteiger charge is -2.05. The number of hydrogen-bond donors (Lipinski definition) is 1. The minimum absolute atomic E-state index is 0.278. The van der Waals surface area contributed by atoms with Crippen molar-refractivity contribution in [1.29, 1.82) is 0 Å². The Hall–Kier alpha value is -1.77. The SMILES string of the molecule is Cc1cccc(NC2=CC(=O)OC2)c1. The Bertz CT molecular complexity index is 396. The number of aryl methyl sites for hydroxylation is 1. The van der Waals surface area contributed by atoms with E-state index < -0.39 is 0 Å². The Morgan fingerprint density at radius 3 is 2.93 bits per heavy atom. The number of benzene rings is 1. The molecule has 0 radical (unpaired) electrons. The maximum atomic E-state index is 10.8. The summed E-state index contributed by atoms with van der Waals surface area (Å²) in [6, 6.07) is 7.96. The van der Waals surface area contributed by atoms with Gasteiger partial charge in [0, 0.05) is 11.8 Å². The standard InChI is InChI=1S/C11H11NO2/c1-8-3-2-4-9(5-8)12-10-6-11(13)14-7-10/h2-6,12H,7H2,1H3. The van der Waals surface area contributed by atoms with Gasteiger partial charge in [0.1, 0.15) is 6.61 Å². The van der Waals surface area contributed by atoms with E-state index in [1.165, 1.54) is 11.6 Å². The fraction of sp³-hybridized carbons (Fsp3) is 0.182. The first-order valence-electron chi connectivity index (χ1n) is 4.45. The number of anilines is 1. The molecule has 0 bridgehead atoms. The highest BCUT2D eigenvalue weighted by Crippen LogP contribution is 2.14. The van der Waals surface area contributed by atoms with Crippen LogP contribution in [0.5, 0.6) is 0 Å². The first-order valence-corrected chi connectivity index (χ1v) is 4.45. The van der Waals surface area contributed by atoms with Gasteiger partial charge >= 0.3 is 5.97 Å². The predicted octanol–water partition coefficient (Wildman–Crippen LogP) is 1.85. The average molecular weight is 189 g/mol. The van der Waals surface area contributed by atoms with Crippen molar-refractivity contribution in [1.82, 2.24) is 0 Å². The number of rotatable bonds is 2. The molecule has 14 heavy (non-hydrogen) atoms. The van der Waals surface area contributed by atoms with Crippen LogP contribution in [0.15, 0.2) is 36.0 Å². The van der Waals surface area contributed by atoms with E-state index in [4.69, 9.17) is 4.74 Å². The number of nitrogens with one attached hydrogen (secondary N) is 1. The second-order valence-electron chi connectivity index (χ2n) is 3.27. The number of hydrogen-bond acceptors (Lipinski definition) is 3. The van der Waals surface area contributed by atoms with Gasteiger partial charge in [-0.2, -0.15) is 0 Å². The fourth-order valence-corrected chi connectivity index (χ4v) is 1.35. The van der Waals surface area contributed by atoms with Crippen LogP contribution in [0.1, 0.15) is 5.56 Å². The van der Waals surface area contributed by atoms with Crippen LogP contribution in [-0.4, -0.2) is 12.6 Å². The number of cyclic esters (lactones) is 1. The first kappa shape index (κ1) is 8.81. The Morgan fingerprint density at radius 2 is 2.29 bits per heavy atom. The van der Waals surface area contributed by atoms with Gasteiger partial charge in [-0.1, -0.05) is 12.1 Å². The van der Waals surface area contributed by atoms with Crippen LogP contribution in [0, 0.1) is 6.92 Å². The third-order valence-electron chi connectivity index (χ3n) is 1.98. The summed E-state index contributed by atoms with van der Waals surface area (Å²) in [4.78, 5) is 10.8. The van der Waals surface area contributed by atoms with E-state index in [2.05, 4.69) is 5.32 Å². The number of ether oxygens (including phenoxy) is 1. The van der Waals surface area contributed by atoms with Crippen molar-refractivity contribution < 1.29 is 9.53 Å². The largest absolute Gasteiger partial charge is 0.456 e. The van der Waals surface area contributed by atoms with Crippen LogP contribution < -0.4 is 5.32 Å². The topological polar surface area (TPSA) is 38.3 Å². The molecule has 3 nitrogen and oxygen atoms in total. The van der Waals surface area contributed by atoms with Gasteiger partial charge in [0.2, 0.25) is 0 Å². The molecule has 1 aromatic carbocycles. The predicted molar refractivity (Wildman–Crippen MR) is 53.8 cm³/mol. The van der Waals surface area contributed by atoms with Gasteiger partial charge in [-0.15, -0.1) is 0 Å². The van der Waals surface area contributed by atoms with Gasteiger partial charge in [0.15, 0.2) is 0 Å². The van der Waals surface area contributed by atoms with Crippen molar-refractivity contribution in [3.05, 3.63) is 41.6 Å². The highest BCUT2D eigenvalue weighted by molar-refractivity contribution is 5.86. The van der Waals surface area contributed by atoms with Crippen LogP contribution >= 0.6 is 0 Å². The van der Waals surface area contributed by atoms with Gasteiger partial charge in [-0.05, 0) is 24.6 Å². The van der Waals surface area contributed by atoms with Gasteiger partial charge in [0.25, 0.3) is 0 Å². The molecule has 0 aliphatic carbocycles.